The Morgan fingerprint density at radius 1 is 1.10 bits per heavy atom. The van der Waals surface area contributed by atoms with Crippen LogP contribution in [0.25, 0.3) is 0 Å². The van der Waals surface area contributed by atoms with Gasteiger partial charge in [0, 0.05) is 44.2 Å². The smallest absolute Gasteiger partial charge is 0.336 e. The van der Waals surface area contributed by atoms with E-state index in [4.69, 9.17) is 4.74 Å². The lowest BCUT2D eigenvalue weighted by Crippen LogP contribution is -2.52. The van der Waals surface area contributed by atoms with Gasteiger partial charge in [0.15, 0.2) is 0 Å². The fourth-order valence-electron chi connectivity index (χ4n) is 4.21. The second-order valence-corrected chi connectivity index (χ2v) is 7.82. The zero-order valence-electron chi connectivity index (χ0n) is 18.4. The van der Waals surface area contributed by atoms with Crippen LogP contribution >= 0.6 is 0 Å². The highest BCUT2D eigenvalue weighted by atomic mass is 19.1. The fraction of sp³-hybridized carbons (Fsp3) is 0.522. The normalized spacial score (nSPS) is 20.3. The summed E-state index contributed by atoms with van der Waals surface area (Å²) in [6.07, 6.45) is 0.0218. The number of benzene rings is 1. The predicted molar refractivity (Wildman–Crippen MR) is 113 cm³/mol. The topological polar surface area (TPSA) is 70.2 Å². The van der Waals surface area contributed by atoms with Crippen molar-refractivity contribution < 1.29 is 23.5 Å². The van der Waals surface area contributed by atoms with E-state index in [0.29, 0.717) is 29.9 Å². The molecule has 168 valence electrons. The van der Waals surface area contributed by atoms with Gasteiger partial charge in [-0.2, -0.15) is 0 Å². The Morgan fingerprint density at radius 2 is 1.74 bits per heavy atom. The molecule has 0 aromatic heterocycles. The van der Waals surface area contributed by atoms with Gasteiger partial charge in [0.25, 0.3) is 0 Å². The summed E-state index contributed by atoms with van der Waals surface area (Å²) in [7, 11) is 0. The summed E-state index contributed by atoms with van der Waals surface area (Å²) in [5.41, 5.74) is 1.43. The van der Waals surface area contributed by atoms with Crippen LogP contribution in [0.15, 0.2) is 35.5 Å². The van der Waals surface area contributed by atoms with Crippen LogP contribution in [0, 0.1) is 5.82 Å². The lowest BCUT2D eigenvalue weighted by atomic mass is 9.83. The molecule has 2 aliphatic rings. The number of rotatable bonds is 6. The SMILES string of the molecule is CCOC(=O)C1=C(C)N(CC(=O)N2CCN(CC)CC2)C(=O)CC1c1ccc(F)cc1. The predicted octanol–water partition coefficient (Wildman–Crippen LogP) is 2.14. The number of hydrogen-bond acceptors (Lipinski definition) is 5. The van der Waals surface area contributed by atoms with Gasteiger partial charge >= 0.3 is 5.97 Å². The molecule has 2 aliphatic heterocycles. The molecule has 7 nitrogen and oxygen atoms in total. The van der Waals surface area contributed by atoms with Crippen molar-refractivity contribution in [3.8, 4) is 0 Å². The van der Waals surface area contributed by atoms with E-state index in [9.17, 15) is 18.8 Å². The van der Waals surface area contributed by atoms with Crippen molar-refractivity contribution in [1.29, 1.82) is 0 Å². The highest BCUT2D eigenvalue weighted by Crippen LogP contribution is 2.37. The van der Waals surface area contributed by atoms with E-state index >= 15 is 0 Å². The van der Waals surface area contributed by atoms with Crippen LogP contribution in [0.5, 0.6) is 0 Å². The second-order valence-electron chi connectivity index (χ2n) is 7.82. The molecule has 0 N–H and O–H groups in total. The van der Waals surface area contributed by atoms with E-state index in [1.54, 1.807) is 30.9 Å². The molecule has 8 heteroatoms. The molecule has 1 fully saturated rings. The average molecular weight is 432 g/mol. The Bertz CT molecular complexity index is 860. The van der Waals surface area contributed by atoms with Gasteiger partial charge in [0.2, 0.25) is 11.8 Å². The van der Waals surface area contributed by atoms with Crippen molar-refractivity contribution in [2.45, 2.75) is 33.1 Å². The Kier molecular flexibility index (Phi) is 7.43. The van der Waals surface area contributed by atoms with Crippen LogP contribution in [-0.2, 0) is 19.1 Å². The maximum Gasteiger partial charge on any atom is 0.336 e. The van der Waals surface area contributed by atoms with E-state index in [1.165, 1.54) is 17.0 Å². The molecule has 0 spiro atoms. The zero-order valence-corrected chi connectivity index (χ0v) is 18.4. The lowest BCUT2D eigenvalue weighted by molar-refractivity contribution is -0.143. The Morgan fingerprint density at radius 3 is 2.32 bits per heavy atom. The molecule has 0 bridgehead atoms. The van der Waals surface area contributed by atoms with E-state index in [0.717, 1.165) is 19.6 Å². The summed E-state index contributed by atoms with van der Waals surface area (Å²) < 4.78 is 18.6. The molecule has 1 atom stereocenters. The standard InChI is InChI=1S/C23H30FN3O4/c1-4-25-10-12-26(13-11-25)21(29)15-27-16(3)22(23(30)31-5-2)19(14-20(27)28)17-6-8-18(24)9-7-17/h6-9,19H,4-5,10-15H2,1-3H3. The van der Waals surface area contributed by atoms with Crippen molar-refractivity contribution >= 4 is 17.8 Å². The molecule has 1 aromatic carbocycles. The molecule has 2 amide bonds. The second kappa shape index (κ2) is 10.0. The van der Waals surface area contributed by atoms with Crippen LogP contribution in [0.2, 0.25) is 0 Å². The maximum atomic E-state index is 13.4. The minimum absolute atomic E-state index is 0.0218. The number of ether oxygens (including phenoxy) is 1. The third kappa shape index (κ3) is 5.12. The third-order valence-electron chi connectivity index (χ3n) is 6.06. The number of carbonyl (C=O) groups is 3. The van der Waals surface area contributed by atoms with Crippen molar-refractivity contribution in [2.24, 2.45) is 0 Å². The summed E-state index contributed by atoms with van der Waals surface area (Å²) in [5, 5.41) is 0. The Hall–Kier alpha value is -2.74. The Balaban J connectivity index is 1.85. The number of carbonyl (C=O) groups excluding carboxylic acids is 3. The summed E-state index contributed by atoms with van der Waals surface area (Å²) >= 11 is 0. The number of allylic oxidation sites excluding steroid dienone is 1. The molecular weight excluding hydrogens is 401 g/mol. The molecule has 0 aliphatic carbocycles. The first kappa shape index (κ1) is 22.9. The fourth-order valence-corrected chi connectivity index (χ4v) is 4.21. The van der Waals surface area contributed by atoms with Crippen LogP contribution in [0.3, 0.4) is 0 Å². The number of piperazine rings is 1. The minimum atomic E-state index is -0.536. The molecule has 31 heavy (non-hydrogen) atoms. The minimum Gasteiger partial charge on any atom is -0.463 e. The third-order valence-corrected chi connectivity index (χ3v) is 6.06. The summed E-state index contributed by atoms with van der Waals surface area (Å²) in [4.78, 5) is 44.1. The van der Waals surface area contributed by atoms with Crippen LogP contribution in [0.4, 0.5) is 4.39 Å². The van der Waals surface area contributed by atoms with Crippen LogP contribution in [-0.4, -0.2) is 78.4 Å². The summed E-state index contributed by atoms with van der Waals surface area (Å²) in [5.74, 6) is -1.81. The highest BCUT2D eigenvalue weighted by Gasteiger charge is 2.38. The van der Waals surface area contributed by atoms with E-state index < -0.39 is 11.9 Å². The van der Waals surface area contributed by atoms with Gasteiger partial charge in [-0.25, -0.2) is 9.18 Å². The van der Waals surface area contributed by atoms with Crippen molar-refractivity contribution in [3.05, 3.63) is 46.9 Å². The number of amides is 2. The van der Waals surface area contributed by atoms with E-state index in [1.807, 2.05) is 0 Å². The van der Waals surface area contributed by atoms with Gasteiger partial charge in [-0.05, 0) is 38.1 Å². The Labute approximate surface area is 182 Å². The van der Waals surface area contributed by atoms with E-state index in [-0.39, 0.29) is 37.2 Å². The summed E-state index contributed by atoms with van der Waals surface area (Å²) in [6.45, 7) is 9.39. The van der Waals surface area contributed by atoms with Gasteiger partial charge in [-0.1, -0.05) is 19.1 Å². The first-order chi connectivity index (χ1) is 14.8. The first-order valence-electron chi connectivity index (χ1n) is 10.8. The number of hydrogen-bond donors (Lipinski definition) is 0. The van der Waals surface area contributed by atoms with E-state index in [2.05, 4.69) is 11.8 Å². The maximum absolute atomic E-state index is 13.4. The van der Waals surface area contributed by atoms with Crippen LogP contribution < -0.4 is 0 Å². The van der Waals surface area contributed by atoms with Gasteiger partial charge in [0.1, 0.15) is 12.4 Å². The molecule has 0 saturated carbocycles. The van der Waals surface area contributed by atoms with Crippen molar-refractivity contribution in [1.82, 2.24) is 14.7 Å². The molecule has 1 saturated heterocycles. The molecule has 1 unspecified atom stereocenters. The molecule has 3 rings (SSSR count). The molecule has 2 heterocycles. The number of nitrogens with zero attached hydrogens (tertiary/aromatic N) is 3. The van der Waals surface area contributed by atoms with Crippen LogP contribution in [0.1, 0.15) is 38.7 Å². The quantitative estimate of drug-likeness (QED) is 0.646. The monoisotopic (exact) mass is 431 g/mol. The summed E-state index contributed by atoms with van der Waals surface area (Å²) in [6, 6.07) is 5.77. The zero-order chi connectivity index (χ0) is 22.5. The molecule has 0 radical (unpaired) electrons. The van der Waals surface area contributed by atoms with Gasteiger partial charge < -0.3 is 19.4 Å². The number of esters is 1. The van der Waals surface area contributed by atoms with Crippen molar-refractivity contribution in [2.75, 3.05) is 45.9 Å². The van der Waals surface area contributed by atoms with Gasteiger partial charge in [-0.3, -0.25) is 9.59 Å². The number of likely N-dealkylation sites (N-methyl/N-ethyl adjacent to an activating group) is 1. The van der Waals surface area contributed by atoms with Gasteiger partial charge in [0.05, 0.1) is 12.2 Å². The first-order valence-corrected chi connectivity index (χ1v) is 10.8. The number of halogens is 1. The average Bonchev–Trinajstić information content (AvgIpc) is 2.76. The molecular formula is C23H30FN3O4. The van der Waals surface area contributed by atoms with Gasteiger partial charge in [-0.15, -0.1) is 0 Å². The van der Waals surface area contributed by atoms with Crippen molar-refractivity contribution in [3.63, 3.8) is 0 Å². The lowest BCUT2D eigenvalue weighted by Gasteiger charge is -2.37. The largest absolute Gasteiger partial charge is 0.463 e. The highest BCUT2D eigenvalue weighted by molar-refractivity contribution is 5.97. The molecule has 1 aromatic rings.